The first-order valence-corrected chi connectivity index (χ1v) is 9.08. The number of nitrogens with two attached hydrogens (primary N) is 2. The number of hydrogen-bond donors (Lipinski definition) is 4. The topological polar surface area (TPSA) is 76.1 Å². The van der Waals surface area contributed by atoms with Crippen LogP contribution in [0.25, 0.3) is 0 Å². The van der Waals surface area contributed by atoms with Gasteiger partial charge in [0, 0.05) is 11.4 Å². The van der Waals surface area contributed by atoms with Crippen molar-refractivity contribution >= 4 is 0 Å². The molecule has 1 atom stereocenters. The van der Waals surface area contributed by atoms with Crippen LogP contribution in [0.15, 0.2) is 83.3 Å². The highest BCUT2D eigenvalue weighted by Gasteiger charge is 2.05. The Labute approximate surface area is 159 Å². The van der Waals surface area contributed by atoms with Gasteiger partial charge in [-0.2, -0.15) is 0 Å². The van der Waals surface area contributed by atoms with Gasteiger partial charge in [-0.05, 0) is 56.8 Å². The molecule has 4 nitrogen and oxygen atoms in total. The highest BCUT2D eigenvalue weighted by atomic mass is 15.2. The minimum absolute atomic E-state index is 0.368. The number of allylic oxidation sites excluding steroid dienone is 12. The number of nitrogens with one attached hydrogen (secondary N) is 2. The fourth-order valence-electron chi connectivity index (χ4n) is 2.18. The summed E-state index contributed by atoms with van der Waals surface area (Å²) in [5.74, 6) is 11.3. The first-order valence-electron chi connectivity index (χ1n) is 9.08. The molecule has 0 aromatic rings. The molecule has 0 saturated heterocycles. The maximum atomic E-state index is 5.57. The fraction of sp³-hybridized carbons (Fsp3) is 0.364. The summed E-state index contributed by atoms with van der Waals surface area (Å²) >= 11 is 0. The smallest absolute Gasteiger partial charge is 0.0463 e. The number of hydrazine groups is 2. The average Bonchev–Trinajstić information content (AvgIpc) is 2.63. The van der Waals surface area contributed by atoms with Crippen LogP contribution in [0.5, 0.6) is 0 Å². The quantitative estimate of drug-likeness (QED) is 0.246. The molecular formula is C22H36N4. The molecule has 0 rings (SSSR count). The second-order valence-corrected chi connectivity index (χ2v) is 6.28. The van der Waals surface area contributed by atoms with Gasteiger partial charge >= 0.3 is 0 Å². The lowest BCUT2D eigenvalue weighted by Crippen LogP contribution is -2.23. The summed E-state index contributed by atoms with van der Waals surface area (Å²) in [7, 11) is 0. The lowest BCUT2D eigenvalue weighted by molar-refractivity contribution is 0.687. The van der Waals surface area contributed by atoms with Gasteiger partial charge in [0.05, 0.1) is 0 Å². The van der Waals surface area contributed by atoms with Gasteiger partial charge in [0.15, 0.2) is 0 Å². The largest absolute Gasteiger partial charge is 0.328 e. The molecule has 0 amide bonds. The summed E-state index contributed by atoms with van der Waals surface area (Å²) < 4.78 is 0. The van der Waals surface area contributed by atoms with E-state index in [1.165, 1.54) is 5.57 Å². The van der Waals surface area contributed by atoms with Gasteiger partial charge in [0.1, 0.15) is 0 Å². The van der Waals surface area contributed by atoms with E-state index in [9.17, 15) is 0 Å². The van der Waals surface area contributed by atoms with E-state index in [1.807, 2.05) is 26.0 Å². The first kappa shape index (κ1) is 23.7. The van der Waals surface area contributed by atoms with Gasteiger partial charge in [-0.25, -0.2) is 0 Å². The Balaban J connectivity index is 5.18. The minimum Gasteiger partial charge on any atom is -0.328 e. The summed E-state index contributed by atoms with van der Waals surface area (Å²) in [6.07, 6.45) is 18.4. The molecule has 6 N–H and O–H groups in total. The van der Waals surface area contributed by atoms with Crippen molar-refractivity contribution in [2.24, 2.45) is 17.6 Å². The third-order valence-corrected chi connectivity index (χ3v) is 4.00. The standard InChI is InChI=1S/C22H36N4/c1-7-9-10-12-21(11-8-2)19(5)15-18(4)17(3)13-14-22(26-24)16-20(6)25-23/h8-12,14-17,25-26H,5,7,13,23-24H2,1-4,6H3/b10-9+,11-8-,18-15+,20-16-,21-12+,22-14-. The molecule has 0 radical (unpaired) electrons. The predicted molar refractivity (Wildman–Crippen MR) is 115 cm³/mol. The lowest BCUT2D eigenvalue weighted by Gasteiger charge is -2.12. The van der Waals surface area contributed by atoms with Crippen molar-refractivity contribution in [3.63, 3.8) is 0 Å². The number of hydrogen-bond acceptors (Lipinski definition) is 4. The molecule has 1 unspecified atom stereocenters. The van der Waals surface area contributed by atoms with E-state index >= 15 is 0 Å². The predicted octanol–water partition coefficient (Wildman–Crippen LogP) is 4.70. The van der Waals surface area contributed by atoms with Crippen LogP contribution in [0.3, 0.4) is 0 Å². The zero-order valence-corrected chi connectivity index (χ0v) is 17.0. The highest BCUT2D eigenvalue weighted by molar-refractivity contribution is 5.47. The molecular weight excluding hydrogens is 320 g/mol. The van der Waals surface area contributed by atoms with E-state index in [0.717, 1.165) is 35.4 Å². The lowest BCUT2D eigenvalue weighted by atomic mass is 9.94. The molecule has 0 heterocycles. The minimum atomic E-state index is 0.368. The Bertz CT molecular complexity index is 616. The van der Waals surface area contributed by atoms with Crippen molar-refractivity contribution in [3.05, 3.63) is 83.3 Å². The molecule has 0 aromatic heterocycles. The first-order chi connectivity index (χ1) is 12.4. The zero-order valence-electron chi connectivity index (χ0n) is 17.0. The van der Waals surface area contributed by atoms with Crippen molar-refractivity contribution in [2.45, 2.75) is 47.5 Å². The van der Waals surface area contributed by atoms with Crippen LogP contribution in [0.2, 0.25) is 0 Å². The van der Waals surface area contributed by atoms with E-state index in [-0.39, 0.29) is 0 Å². The third kappa shape index (κ3) is 9.87. The monoisotopic (exact) mass is 356 g/mol. The maximum Gasteiger partial charge on any atom is 0.0463 e. The van der Waals surface area contributed by atoms with E-state index in [4.69, 9.17) is 11.7 Å². The molecule has 0 aliphatic rings. The molecule has 0 spiro atoms. The molecule has 0 saturated carbocycles. The zero-order chi connectivity index (χ0) is 19.9. The summed E-state index contributed by atoms with van der Waals surface area (Å²) in [5, 5.41) is 0. The second-order valence-electron chi connectivity index (χ2n) is 6.28. The van der Waals surface area contributed by atoms with E-state index < -0.39 is 0 Å². The normalized spacial score (nSPS) is 15.7. The maximum absolute atomic E-state index is 5.57. The molecule has 4 heteroatoms. The Hall–Kier alpha value is -2.30. The number of rotatable bonds is 11. The van der Waals surface area contributed by atoms with Crippen LogP contribution in [-0.4, -0.2) is 0 Å². The van der Waals surface area contributed by atoms with Gasteiger partial charge < -0.3 is 10.9 Å². The van der Waals surface area contributed by atoms with Crippen molar-refractivity contribution < 1.29 is 0 Å². The SMILES string of the molecule is C=C(/C=C(\C)C(C)C/C=C(/C=C(/C)NN)NN)C(/C=C\C)=C/C=C/CC. The van der Waals surface area contributed by atoms with Gasteiger partial charge in [-0.15, -0.1) is 0 Å². The van der Waals surface area contributed by atoms with Crippen LogP contribution in [0.1, 0.15) is 47.5 Å². The highest BCUT2D eigenvalue weighted by Crippen LogP contribution is 2.21. The van der Waals surface area contributed by atoms with Gasteiger partial charge in [-0.1, -0.05) is 68.5 Å². The Morgan fingerprint density at radius 2 is 1.85 bits per heavy atom. The molecule has 0 aliphatic heterocycles. The van der Waals surface area contributed by atoms with E-state index in [2.05, 4.69) is 74.7 Å². The average molecular weight is 357 g/mol. The molecule has 0 fully saturated rings. The van der Waals surface area contributed by atoms with Crippen LogP contribution in [-0.2, 0) is 0 Å². The molecule has 0 aromatic carbocycles. The summed E-state index contributed by atoms with van der Waals surface area (Å²) in [6, 6.07) is 0. The van der Waals surface area contributed by atoms with Crippen LogP contribution >= 0.6 is 0 Å². The Morgan fingerprint density at radius 1 is 1.15 bits per heavy atom. The van der Waals surface area contributed by atoms with Gasteiger partial charge in [-0.3, -0.25) is 11.7 Å². The third-order valence-electron chi connectivity index (χ3n) is 4.00. The van der Waals surface area contributed by atoms with Crippen molar-refractivity contribution in [2.75, 3.05) is 0 Å². The van der Waals surface area contributed by atoms with Crippen molar-refractivity contribution in [1.29, 1.82) is 0 Å². The Morgan fingerprint density at radius 3 is 2.38 bits per heavy atom. The van der Waals surface area contributed by atoms with Crippen LogP contribution < -0.4 is 22.5 Å². The van der Waals surface area contributed by atoms with Gasteiger partial charge in [0.2, 0.25) is 0 Å². The molecule has 144 valence electrons. The fourth-order valence-corrected chi connectivity index (χ4v) is 2.18. The van der Waals surface area contributed by atoms with Crippen molar-refractivity contribution in [3.8, 4) is 0 Å². The van der Waals surface area contributed by atoms with Crippen LogP contribution in [0, 0.1) is 5.92 Å². The summed E-state index contributed by atoms with van der Waals surface area (Å²) in [4.78, 5) is 0. The summed E-state index contributed by atoms with van der Waals surface area (Å²) in [6.45, 7) is 14.6. The Kier molecular flexibility index (Phi) is 12.7. The van der Waals surface area contributed by atoms with E-state index in [1.54, 1.807) is 0 Å². The molecule has 26 heavy (non-hydrogen) atoms. The van der Waals surface area contributed by atoms with E-state index in [0.29, 0.717) is 5.92 Å². The summed E-state index contributed by atoms with van der Waals surface area (Å²) in [5.41, 5.74) is 10.4. The molecule has 0 aliphatic carbocycles. The van der Waals surface area contributed by atoms with Crippen molar-refractivity contribution in [1.82, 2.24) is 10.9 Å². The molecule has 0 bridgehead atoms. The van der Waals surface area contributed by atoms with Gasteiger partial charge in [0.25, 0.3) is 0 Å². The second kappa shape index (κ2) is 13.9. The van der Waals surface area contributed by atoms with Crippen LogP contribution in [0.4, 0.5) is 0 Å².